The number of piperazine rings is 1. The van der Waals surface area contributed by atoms with E-state index in [4.69, 9.17) is 19.4 Å². The lowest BCUT2D eigenvalue weighted by Gasteiger charge is -2.41. The molecule has 1 aromatic heterocycles. The molecule has 8 heteroatoms. The Morgan fingerprint density at radius 1 is 1.16 bits per heavy atom. The first-order valence-corrected chi connectivity index (χ1v) is 13.7. The Bertz CT molecular complexity index is 1170. The van der Waals surface area contributed by atoms with Gasteiger partial charge in [-0.2, -0.15) is 0 Å². The maximum atomic E-state index is 14.0. The summed E-state index contributed by atoms with van der Waals surface area (Å²) < 4.78 is 24.8. The molecule has 38 heavy (non-hydrogen) atoms. The zero-order valence-corrected chi connectivity index (χ0v) is 23.6. The van der Waals surface area contributed by atoms with Crippen LogP contribution in [0.15, 0.2) is 30.6 Å². The van der Waals surface area contributed by atoms with Crippen LogP contribution < -0.4 is 9.64 Å². The largest absolute Gasteiger partial charge is 0.497 e. The first-order valence-electron chi connectivity index (χ1n) is 13.7. The molecule has 0 spiro atoms. The summed E-state index contributed by atoms with van der Waals surface area (Å²) in [5, 5.41) is 0. The van der Waals surface area contributed by atoms with Gasteiger partial charge in [0.25, 0.3) is 0 Å². The lowest BCUT2D eigenvalue weighted by atomic mass is 9.95. The standard InChI is InChI=1S/C30H41FN4O3/c1-7-25(22-11-12-22)27-26(10-8-9-21-15-23(31)17-24(16-21)37-6)32-19-33-28(27)35-14-13-34(18-20(35)2)29(36)38-30(3,4)5/h7,15-17,19-20,22H,8-14,18H2,1-6H3/b25-7-/t20-/m0/s1. The third kappa shape index (κ3) is 6.83. The van der Waals surface area contributed by atoms with Crippen LogP contribution in [-0.2, 0) is 17.6 Å². The highest BCUT2D eigenvalue weighted by Gasteiger charge is 2.35. The van der Waals surface area contributed by atoms with Crippen LogP contribution in [0.3, 0.4) is 0 Å². The van der Waals surface area contributed by atoms with Crippen LogP contribution in [0, 0.1) is 11.7 Å². The van der Waals surface area contributed by atoms with Crippen molar-refractivity contribution in [3.63, 3.8) is 0 Å². The van der Waals surface area contributed by atoms with E-state index in [-0.39, 0.29) is 18.0 Å². The van der Waals surface area contributed by atoms with E-state index in [1.54, 1.807) is 24.4 Å². The van der Waals surface area contributed by atoms with Crippen LogP contribution >= 0.6 is 0 Å². The van der Waals surface area contributed by atoms with Gasteiger partial charge in [0.15, 0.2) is 0 Å². The van der Waals surface area contributed by atoms with Gasteiger partial charge in [-0.25, -0.2) is 19.2 Å². The highest BCUT2D eigenvalue weighted by molar-refractivity contribution is 5.79. The summed E-state index contributed by atoms with van der Waals surface area (Å²) in [6, 6.07) is 4.94. The molecule has 0 radical (unpaired) electrons. The van der Waals surface area contributed by atoms with Crippen molar-refractivity contribution in [2.24, 2.45) is 5.92 Å². The van der Waals surface area contributed by atoms with Gasteiger partial charge in [0.1, 0.15) is 29.3 Å². The minimum absolute atomic E-state index is 0.0786. The van der Waals surface area contributed by atoms with Crippen LogP contribution in [0.1, 0.15) is 70.7 Å². The summed E-state index contributed by atoms with van der Waals surface area (Å²) in [7, 11) is 1.55. The van der Waals surface area contributed by atoms with E-state index in [0.29, 0.717) is 31.3 Å². The zero-order valence-electron chi connectivity index (χ0n) is 23.6. The predicted octanol–water partition coefficient (Wildman–Crippen LogP) is 6.06. The number of nitrogens with zero attached hydrogens (tertiary/aromatic N) is 4. The summed E-state index contributed by atoms with van der Waals surface area (Å²) in [4.78, 5) is 26.3. The molecular weight excluding hydrogens is 483 g/mol. The number of carbonyl (C=O) groups is 1. The topological polar surface area (TPSA) is 67.8 Å². The smallest absolute Gasteiger partial charge is 0.410 e. The minimum atomic E-state index is -0.520. The number of rotatable bonds is 8. The van der Waals surface area contributed by atoms with Gasteiger partial charge < -0.3 is 19.3 Å². The number of methoxy groups -OCH3 is 1. The molecular formula is C30H41FN4O3. The Labute approximate surface area is 226 Å². The third-order valence-electron chi connectivity index (χ3n) is 7.12. The Kier molecular flexibility index (Phi) is 8.58. The van der Waals surface area contributed by atoms with Crippen LogP contribution in [0.25, 0.3) is 5.57 Å². The van der Waals surface area contributed by atoms with E-state index in [1.165, 1.54) is 24.5 Å². The molecule has 2 aromatic rings. The fourth-order valence-corrected chi connectivity index (χ4v) is 5.20. The Balaban J connectivity index is 1.55. The average Bonchev–Trinajstić information content (AvgIpc) is 3.69. The summed E-state index contributed by atoms with van der Waals surface area (Å²) in [5.74, 6) is 1.73. The quantitative estimate of drug-likeness (QED) is 0.418. The molecule has 4 rings (SSSR count). The molecule has 1 aliphatic heterocycles. The first kappa shape index (κ1) is 27.9. The molecule has 206 valence electrons. The van der Waals surface area contributed by atoms with Gasteiger partial charge >= 0.3 is 6.09 Å². The van der Waals surface area contributed by atoms with E-state index in [9.17, 15) is 9.18 Å². The van der Waals surface area contributed by atoms with Crippen LogP contribution in [0.4, 0.5) is 15.0 Å². The van der Waals surface area contributed by atoms with Crippen molar-refractivity contribution < 1.29 is 18.7 Å². The van der Waals surface area contributed by atoms with E-state index in [2.05, 4.69) is 24.8 Å². The highest BCUT2D eigenvalue weighted by Crippen LogP contribution is 2.45. The third-order valence-corrected chi connectivity index (χ3v) is 7.12. The maximum Gasteiger partial charge on any atom is 0.410 e. The Morgan fingerprint density at radius 2 is 1.92 bits per heavy atom. The number of amides is 1. The summed E-state index contributed by atoms with van der Waals surface area (Å²) >= 11 is 0. The molecule has 1 saturated carbocycles. The van der Waals surface area contributed by atoms with Crippen molar-refractivity contribution in [1.82, 2.24) is 14.9 Å². The molecule has 1 aromatic carbocycles. The maximum absolute atomic E-state index is 14.0. The van der Waals surface area contributed by atoms with Crippen LogP contribution in [0.2, 0.25) is 0 Å². The number of ether oxygens (including phenoxy) is 2. The molecule has 7 nitrogen and oxygen atoms in total. The number of hydrogen-bond acceptors (Lipinski definition) is 6. The molecule has 0 N–H and O–H groups in total. The normalized spacial score (nSPS) is 18.5. The number of halogens is 1. The number of aryl methyl sites for hydroxylation is 2. The predicted molar refractivity (Wildman–Crippen MR) is 148 cm³/mol. The van der Waals surface area contributed by atoms with Crippen molar-refractivity contribution >= 4 is 17.5 Å². The van der Waals surface area contributed by atoms with Crippen molar-refractivity contribution in [1.29, 1.82) is 0 Å². The lowest BCUT2D eigenvalue weighted by molar-refractivity contribution is 0.0218. The number of allylic oxidation sites excluding steroid dienone is 2. The average molecular weight is 525 g/mol. The van der Waals surface area contributed by atoms with Gasteiger partial charge in [-0.05, 0) is 95.9 Å². The van der Waals surface area contributed by atoms with Crippen molar-refractivity contribution in [2.75, 3.05) is 31.6 Å². The summed E-state index contributed by atoms with van der Waals surface area (Å²) in [6.07, 6.45) is 8.28. The highest BCUT2D eigenvalue weighted by atomic mass is 19.1. The number of aromatic nitrogens is 2. The molecule has 0 bridgehead atoms. The van der Waals surface area contributed by atoms with Gasteiger partial charge in [0.05, 0.1) is 12.8 Å². The Morgan fingerprint density at radius 3 is 2.55 bits per heavy atom. The van der Waals surface area contributed by atoms with Gasteiger partial charge in [-0.3, -0.25) is 0 Å². The second-order valence-corrected chi connectivity index (χ2v) is 11.4. The Hall–Kier alpha value is -3.16. The van der Waals surface area contributed by atoms with E-state index in [0.717, 1.165) is 41.9 Å². The number of carbonyl (C=O) groups excluding carboxylic acids is 1. The van der Waals surface area contributed by atoms with Crippen LogP contribution in [0.5, 0.6) is 5.75 Å². The molecule has 1 saturated heterocycles. The van der Waals surface area contributed by atoms with Crippen LogP contribution in [-0.4, -0.2) is 59.3 Å². The molecule has 2 aliphatic rings. The molecule has 2 heterocycles. The first-order chi connectivity index (χ1) is 18.1. The van der Waals surface area contributed by atoms with E-state index in [1.807, 2.05) is 26.8 Å². The van der Waals surface area contributed by atoms with Crippen molar-refractivity contribution in [3.8, 4) is 5.75 Å². The van der Waals surface area contributed by atoms with Gasteiger partial charge in [-0.15, -0.1) is 0 Å². The molecule has 1 amide bonds. The molecule has 1 atom stereocenters. The zero-order chi connectivity index (χ0) is 27.4. The van der Waals surface area contributed by atoms with Crippen molar-refractivity contribution in [3.05, 3.63) is 53.2 Å². The monoisotopic (exact) mass is 524 g/mol. The van der Waals surface area contributed by atoms with Gasteiger partial charge in [0, 0.05) is 37.3 Å². The number of hydrogen-bond donors (Lipinski definition) is 0. The SMILES string of the molecule is C/C=C(\c1c(CCCc2cc(F)cc(OC)c2)ncnc1N1CCN(C(=O)OC(C)(C)C)C[C@@H]1C)C1CC1. The minimum Gasteiger partial charge on any atom is -0.497 e. The molecule has 2 fully saturated rings. The van der Waals surface area contributed by atoms with E-state index < -0.39 is 5.60 Å². The lowest BCUT2D eigenvalue weighted by Crippen LogP contribution is -2.55. The van der Waals surface area contributed by atoms with Gasteiger partial charge in [-0.1, -0.05) is 6.08 Å². The van der Waals surface area contributed by atoms with Crippen molar-refractivity contribution in [2.45, 2.75) is 78.4 Å². The molecule has 0 unspecified atom stereocenters. The fourth-order valence-electron chi connectivity index (χ4n) is 5.20. The van der Waals surface area contributed by atoms with Gasteiger partial charge in [0.2, 0.25) is 0 Å². The number of anilines is 1. The second kappa shape index (κ2) is 11.7. The van der Waals surface area contributed by atoms with E-state index >= 15 is 0 Å². The molecule has 1 aliphatic carbocycles. The fraction of sp³-hybridized carbons (Fsp3) is 0.567. The number of benzene rings is 1. The summed E-state index contributed by atoms with van der Waals surface area (Å²) in [6.45, 7) is 11.7. The second-order valence-electron chi connectivity index (χ2n) is 11.4. The summed E-state index contributed by atoms with van der Waals surface area (Å²) in [5.41, 5.74) is 3.86.